The highest BCUT2D eigenvalue weighted by atomic mass is 32.2. The Morgan fingerprint density at radius 2 is 1.79 bits per heavy atom. The summed E-state index contributed by atoms with van der Waals surface area (Å²) in [6.07, 6.45) is 1.43. The third kappa shape index (κ3) is 4.84. The van der Waals surface area contributed by atoms with Gasteiger partial charge in [-0.1, -0.05) is 13.8 Å². The van der Waals surface area contributed by atoms with E-state index in [1.165, 1.54) is 0 Å². The molecule has 108 valence electrons. The number of methoxy groups -OCH3 is 1. The van der Waals surface area contributed by atoms with Gasteiger partial charge in [0.1, 0.15) is 5.75 Å². The van der Waals surface area contributed by atoms with Gasteiger partial charge in [-0.3, -0.25) is 0 Å². The summed E-state index contributed by atoms with van der Waals surface area (Å²) < 4.78 is 29.3. The molecule has 0 fully saturated rings. The first-order valence-electron chi connectivity index (χ1n) is 6.38. The molecule has 0 spiro atoms. The zero-order valence-electron chi connectivity index (χ0n) is 11.8. The van der Waals surface area contributed by atoms with Crippen LogP contribution < -0.4 is 10.5 Å². The SMILES string of the molecule is COc1ccc(S(=O)(=O)CCCC(C)(C)CN)cc1. The topological polar surface area (TPSA) is 69.4 Å². The number of benzene rings is 1. The van der Waals surface area contributed by atoms with E-state index in [9.17, 15) is 8.42 Å². The second-order valence-corrected chi connectivity index (χ2v) is 7.58. The van der Waals surface area contributed by atoms with Crippen LogP contribution in [0.4, 0.5) is 0 Å². The van der Waals surface area contributed by atoms with Gasteiger partial charge in [0.25, 0.3) is 0 Å². The van der Waals surface area contributed by atoms with Crippen LogP contribution in [0.25, 0.3) is 0 Å². The molecule has 4 nitrogen and oxygen atoms in total. The van der Waals surface area contributed by atoms with Gasteiger partial charge in [0.15, 0.2) is 9.84 Å². The molecule has 0 saturated carbocycles. The Morgan fingerprint density at radius 1 is 1.21 bits per heavy atom. The van der Waals surface area contributed by atoms with Crippen molar-refractivity contribution in [1.29, 1.82) is 0 Å². The molecule has 0 atom stereocenters. The molecule has 0 aliphatic carbocycles. The molecule has 5 heteroatoms. The van der Waals surface area contributed by atoms with Crippen molar-refractivity contribution in [3.63, 3.8) is 0 Å². The number of rotatable bonds is 7. The van der Waals surface area contributed by atoms with Crippen molar-refractivity contribution in [3.8, 4) is 5.75 Å². The van der Waals surface area contributed by atoms with Crippen molar-refractivity contribution in [3.05, 3.63) is 24.3 Å². The van der Waals surface area contributed by atoms with E-state index >= 15 is 0 Å². The Morgan fingerprint density at radius 3 is 2.26 bits per heavy atom. The zero-order valence-corrected chi connectivity index (χ0v) is 12.7. The molecule has 0 heterocycles. The van der Waals surface area contributed by atoms with Gasteiger partial charge in [-0.15, -0.1) is 0 Å². The van der Waals surface area contributed by atoms with Crippen LogP contribution in [0.2, 0.25) is 0 Å². The van der Waals surface area contributed by atoms with Crippen LogP contribution in [0.3, 0.4) is 0 Å². The van der Waals surface area contributed by atoms with Crippen molar-refractivity contribution in [2.24, 2.45) is 11.1 Å². The summed E-state index contributed by atoms with van der Waals surface area (Å²) in [4.78, 5) is 0.346. The quantitative estimate of drug-likeness (QED) is 0.834. The van der Waals surface area contributed by atoms with Crippen LogP contribution in [0.1, 0.15) is 26.7 Å². The Kier molecular flexibility index (Phi) is 5.38. The van der Waals surface area contributed by atoms with E-state index < -0.39 is 9.84 Å². The number of sulfone groups is 1. The molecule has 2 N–H and O–H groups in total. The van der Waals surface area contributed by atoms with Crippen molar-refractivity contribution < 1.29 is 13.2 Å². The highest BCUT2D eigenvalue weighted by Crippen LogP contribution is 2.23. The Hall–Kier alpha value is -1.07. The normalized spacial score (nSPS) is 12.4. The minimum Gasteiger partial charge on any atom is -0.497 e. The molecule has 1 aromatic carbocycles. The molecule has 0 amide bonds. The lowest BCUT2D eigenvalue weighted by Gasteiger charge is -2.21. The fourth-order valence-electron chi connectivity index (χ4n) is 1.74. The van der Waals surface area contributed by atoms with Crippen molar-refractivity contribution in [2.45, 2.75) is 31.6 Å². The standard InChI is InChI=1S/C14H23NO3S/c1-14(2,11-15)9-4-10-19(16,17)13-7-5-12(18-3)6-8-13/h5-8H,4,9-11,15H2,1-3H3. The van der Waals surface area contributed by atoms with Crippen molar-refractivity contribution in [2.75, 3.05) is 19.4 Å². The number of hydrogen-bond donors (Lipinski definition) is 1. The minimum absolute atomic E-state index is 0.00454. The minimum atomic E-state index is -3.21. The van der Waals surface area contributed by atoms with Gasteiger partial charge in [0, 0.05) is 0 Å². The Balaban J connectivity index is 2.65. The number of nitrogens with two attached hydrogens (primary N) is 1. The van der Waals surface area contributed by atoms with E-state index in [0.717, 1.165) is 6.42 Å². The van der Waals surface area contributed by atoms with Crippen LogP contribution >= 0.6 is 0 Å². The maximum atomic E-state index is 12.1. The summed E-state index contributed by atoms with van der Waals surface area (Å²) in [6.45, 7) is 4.66. The second kappa shape index (κ2) is 6.39. The molecule has 1 rings (SSSR count). The van der Waals surface area contributed by atoms with Crippen LogP contribution in [-0.2, 0) is 9.84 Å². The summed E-state index contributed by atoms with van der Waals surface area (Å²) >= 11 is 0. The molecular formula is C14H23NO3S. The Bertz CT molecular complexity index is 492. The van der Waals surface area contributed by atoms with Gasteiger partial charge in [0.05, 0.1) is 17.8 Å². The van der Waals surface area contributed by atoms with Crippen LogP contribution in [0.15, 0.2) is 29.2 Å². The van der Waals surface area contributed by atoms with Crippen LogP contribution in [-0.4, -0.2) is 27.8 Å². The van der Waals surface area contributed by atoms with Gasteiger partial charge in [-0.05, 0) is 49.1 Å². The van der Waals surface area contributed by atoms with E-state index in [4.69, 9.17) is 10.5 Å². The van der Waals surface area contributed by atoms with Crippen LogP contribution in [0, 0.1) is 5.41 Å². The van der Waals surface area contributed by atoms with E-state index in [1.54, 1.807) is 31.4 Å². The van der Waals surface area contributed by atoms with Gasteiger partial charge in [-0.2, -0.15) is 0 Å². The maximum absolute atomic E-state index is 12.1. The van der Waals surface area contributed by atoms with E-state index in [2.05, 4.69) is 0 Å². The summed E-state index contributed by atoms with van der Waals surface area (Å²) in [6, 6.07) is 6.50. The van der Waals surface area contributed by atoms with Gasteiger partial charge < -0.3 is 10.5 Å². The second-order valence-electron chi connectivity index (χ2n) is 5.47. The molecule has 0 aliphatic heterocycles. The first-order chi connectivity index (χ1) is 8.80. The van der Waals surface area contributed by atoms with Crippen LogP contribution in [0.5, 0.6) is 5.75 Å². The highest BCUT2D eigenvalue weighted by Gasteiger charge is 2.19. The first-order valence-corrected chi connectivity index (χ1v) is 8.03. The zero-order chi connectivity index (χ0) is 14.5. The van der Waals surface area contributed by atoms with Gasteiger partial charge >= 0.3 is 0 Å². The molecule has 0 bridgehead atoms. The summed E-state index contributed by atoms with van der Waals surface area (Å²) in [7, 11) is -1.66. The summed E-state index contributed by atoms with van der Waals surface area (Å²) in [5, 5.41) is 0. The average molecular weight is 285 g/mol. The fourth-order valence-corrected chi connectivity index (χ4v) is 3.05. The van der Waals surface area contributed by atoms with Crippen molar-refractivity contribution >= 4 is 9.84 Å². The molecule has 0 aliphatic rings. The lowest BCUT2D eigenvalue weighted by molar-refractivity contribution is 0.344. The molecule has 19 heavy (non-hydrogen) atoms. The number of ether oxygens (including phenoxy) is 1. The largest absolute Gasteiger partial charge is 0.497 e. The monoisotopic (exact) mass is 285 g/mol. The van der Waals surface area contributed by atoms with Gasteiger partial charge in [-0.25, -0.2) is 8.42 Å². The number of hydrogen-bond acceptors (Lipinski definition) is 4. The lowest BCUT2D eigenvalue weighted by Crippen LogP contribution is -2.24. The van der Waals surface area contributed by atoms with E-state index in [0.29, 0.717) is 23.6 Å². The van der Waals surface area contributed by atoms with E-state index in [-0.39, 0.29) is 11.2 Å². The third-order valence-electron chi connectivity index (χ3n) is 3.24. The average Bonchev–Trinajstić information content (AvgIpc) is 2.38. The maximum Gasteiger partial charge on any atom is 0.178 e. The Labute approximate surface area is 115 Å². The smallest absolute Gasteiger partial charge is 0.178 e. The van der Waals surface area contributed by atoms with Crippen molar-refractivity contribution in [1.82, 2.24) is 0 Å². The van der Waals surface area contributed by atoms with E-state index in [1.807, 2.05) is 13.8 Å². The predicted molar refractivity (Wildman–Crippen MR) is 77.1 cm³/mol. The molecule has 1 aromatic rings. The first kappa shape index (κ1) is 16.0. The third-order valence-corrected chi connectivity index (χ3v) is 5.05. The summed E-state index contributed by atoms with van der Waals surface area (Å²) in [5.41, 5.74) is 5.63. The summed E-state index contributed by atoms with van der Waals surface area (Å²) in [5.74, 6) is 0.811. The fraction of sp³-hybridized carbons (Fsp3) is 0.571. The molecule has 0 unspecified atom stereocenters. The highest BCUT2D eigenvalue weighted by molar-refractivity contribution is 7.91. The van der Waals surface area contributed by atoms with Gasteiger partial charge in [0.2, 0.25) is 0 Å². The molecule has 0 saturated heterocycles. The molecule has 0 aromatic heterocycles. The molecule has 0 radical (unpaired) electrons. The molecular weight excluding hydrogens is 262 g/mol. The lowest BCUT2D eigenvalue weighted by atomic mass is 9.88. The predicted octanol–water partition coefficient (Wildman–Crippen LogP) is 2.23.